The van der Waals surface area contributed by atoms with Crippen molar-refractivity contribution in [2.75, 3.05) is 10.6 Å². The minimum atomic E-state index is -0.236. The predicted molar refractivity (Wildman–Crippen MR) is 112 cm³/mol. The molecule has 0 fully saturated rings. The van der Waals surface area contributed by atoms with E-state index in [1.807, 2.05) is 6.07 Å². The van der Waals surface area contributed by atoms with Crippen molar-refractivity contribution in [2.24, 2.45) is 0 Å². The Morgan fingerprint density at radius 1 is 1.25 bits per heavy atom. The number of amides is 1. The zero-order chi connectivity index (χ0) is 19.5. The maximum atomic E-state index is 12.2. The first kappa shape index (κ1) is 18.6. The Labute approximate surface area is 168 Å². The number of carbonyl (C=O) groups excluding carboxylic acids is 1. The molecule has 7 heteroatoms. The van der Waals surface area contributed by atoms with Crippen LogP contribution >= 0.6 is 11.3 Å². The van der Waals surface area contributed by atoms with Gasteiger partial charge in [0.2, 0.25) is 5.13 Å². The van der Waals surface area contributed by atoms with E-state index >= 15 is 0 Å². The second-order valence-corrected chi connectivity index (χ2v) is 8.17. The van der Waals surface area contributed by atoms with Crippen LogP contribution in [0, 0.1) is 0 Å². The number of fused-ring (bicyclic) bond motifs is 1. The normalized spacial score (nSPS) is 15.9. The van der Waals surface area contributed by atoms with Crippen LogP contribution in [-0.4, -0.2) is 21.1 Å². The van der Waals surface area contributed by atoms with Gasteiger partial charge in [-0.1, -0.05) is 43.4 Å². The largest absolute Gasteiger partial charge is 0.363 e. The van der Waals surface area contributed by atoms with Crippen molar-refractivity contribution in [3.05, 3.63) is 64.3 Å². The van der Waals surface area contributed by atoms with Crippen molar-refractivity contribution in [1.29, 1.82) is 0 Å². The Bertz CT molecular complexity index is 953. The lowest BCUT2D eigenvalue weighted by atomic mass is 9.85. The zero-order valence-corrected chi connectivity index (χ0v) is 16.8. The molecule has 0 aliphatic heterocycles. The average Bonchev–Trinajstić information content (AvgIpc) is 3.21. The number of anilines is 2. The lowest BCUT2D eigenvalue weighted by Gasteiger charge is -2.28. The third kappa shape index (κ3) is 4.04. The van der Waals surface area contributed by atoms with Gasteiger partial charge in [0.15, 0.2) is 0 Å². The number of hydrogen-bond acceptors (Lipinski definition) is 6. The molecule has 0 saturated carbocycles. The molecule has 0 radical (unpaired) electrons. The number of pyridine rings is 1. The van der Waals surface area contributed by atoms with E-state index in [1.54, 1.807) is 17.8 Å². The van der Waals surface area contributed by atoms with E-state index in [9.17, 15) is 4.79 Å². The van der Waals surface area contributed by atoms with Crippen molar-refractivity contribution in [2.45, 2.75) is 45.1 Å². The van der Waals surface area contributed by atoms with Gasteiger partial charge in [-0.2, -0.15) is 0 Å². The van der Waals surface area contributed by atoms with Gasteiger partial charge in [0.05, 0.1) is 11.6 Å². The number of nitrogens with zero attached hydrogens (tertiary/aromatic N) is 3. The average molecular weight is 394 g/mol. The second-order valence-electron chi connectivity index (χ2n) is 7.33. The summed E-state index contributed by atoms with van der Waals surface area (Å²) in [6.07, 6.45) is 4.96. The molecule has 1 atom stereocenters. The summed E-state index contributed by atoms with van der Waals surface area (Å²) in [5.74, 6) is 1.05. The first-order chi connectivity index (χ1) is 13.6. The molecule has 1 amide bonds. The number of hydrogen-bond donors (Lipinski definition) is 2. The predicted octanol–water partition coefficient (Wildman–Crippen LogP) is 4.80. The monoisotopic (exact) mass is 393 g/mol. The van der Waals surface area contributed by atoms with Crippen molar-refractivity contribution in [3.8, 4) is 0 Å². The number of benzene rings is 1. The molecule has 0 bridgehead atoms. The van der Waals surface area contributed by atoms with Gasteiger partial charge in [-0.25, -0.2) is 4.98 Å². The molecule has 2 N–H and O–H groups in total. The summed E-state index contributed by atoms with van der Waals surface area (Å²) >= 11 is 1.28. The summed E-state index contributed by atoms with van der Waals surface area (Å²) in [7, 11) is 0. The number of aryl methyl sites for hydroxylation is 1. The highest BCUT2D eigenvalue weighted by atomic mass is 32.1. The van der Waals surface area contributed by atoms with Crippen LogP contribution in [0.15, 0.2) is 42.0 Å². The van der Waals surface area contributed by atoms with Crippen LogP contribution < -0.4 is 10.6 Å². The molecule has 3 aromatic rings. The van der Waals surface area contributed by atoms with E-state index in [1.165, 1.54) is 28.0 Å². The maximum Gasteiger partial charge on any atom is 0.259 e. The number of aromatic nitrogens is 3. The summed E-state index contributed by atoms with van der Waals surface area (Å²) in [6.45, 7) is 4.44. The van der Waals surface area contributed by atoms with Crippen LogP contribution in [0.25, 0.3) is 0 Å². The highest BCUT2D eigenvalue weighted by Crippen LogP contribution is 2.34. The number of rotatable bonds is 5. The standard InChI is InChI=1S/C21H23N5OS/c1-13(2)15-7-6-14-4-3-5-18(17(14)10-15)24-19-9-8-16(11-22-19)20(27)25-21-26-23-12-28-21/h6-13,18H,3-5H2,1-2H3,(H,22,24)(H,25,26,27)/t18-/m1/s1. The molecule has 0 unspecified atom stereocenters. The Morgan fingerprint density at radius 3 is 2.86 bits per heavy atom. The fourth-order valence-electron chi connectivity index (χ4n) is 3.52. The molecular formula is C21H23N5OS. The second kappa shape index (κ2) is 8.06. The van der Waals surface area contributed by atoms with E-state index in [4.69, 9.17) is 0 Å². The fourth-order valence-corrected chi connectivity index (χ4v) is 3.96. The summed E-state index contributed by atoms with van der Waals surface area (Å²) < 4.78 is 0. The molecule has 1 aliphatic rings. The van der Waals surface area contributed by atoms with Crippen molar-refractivity contribution in [1.82, 2.24) is 15.2 Å². The minimum Gasteiger partial charge on any atom is -0.363 e. The van der Waals surface area contributed by atoms with Gasteiger partial charge in [0.25, 0.3) is 5.91 Å². The van der Waals surface area contributed by atoms with Gasteiger partial charge in [-0.15, -0.1) is 10.2 Å². The number of nitrogens with one attached hydrogen (secondary N) is 2. The van der Waals surface area contributed by atoms with E-state index in [-0.39, 0.29) is 11.9 Å². The molecule has 1 aliphatic carbocycles. The number of carbonyl (C=O) groups is 1. The first-order valence-corrected chi connectivity index (χ1v) is 10.4. The van der Waals surface area contributed by atoms with Crippen molar-refractivity contribution in [3.63, 3.8) is 0 Å². The Morgan fingerprint density at radius 2 is 2.14 bits per heavy atom. The third-order valence-electron chi connectivity index (χ3n) is 5.08. The van der Waals surface area contributed by atoms with Gasteiger partial charge in [0, 0.05) is 6.20 Å². The van der Waals surface area contributed by atoms with Gasteiger partial charge in [0.1, 0.15) is 11.3 Å². The van der Waals surface area contributed by atoms with E-state index < -0.39 is 0 Å². The molecule has 2 heterocycles. The first-order valence-electron chi connectivity index (χ1n) is 9.53. The van der Waals surface area contributed by atoms with Crippen LogP contribution in [-0.2, 0) is 6.42 Å². The molecule has 1 aromatic carbocycles. The molecule has 2 aromatic heterocycles. The quantitative estimate of drug-likeness (QED) is 0.651. The molecule has 28 heavy (non-hydrogen) atoms. The fraction of sp³-hybridized carbons (Fsp3) is 0.333. The summed E-state index contributed by atoms with van der Waals surface area (Å²) in [5.41, 5.74) is 6.22. The highest BCUT2D eigenvalue weighted by Gasteiger charge is 2.21. The SMILES string of the molecule is CC(C)c1ccc2c(c1)[C@H](Nc1ccc(C(=O)Nc3nncs3)cn1)CCC2. The summed E-state index contributed by atoms with van der Waals surface area (Å²) in [5, 5.41) is 14.3. The molecule has 6 nitrogen and oxygen atoms in total. The Hall–Kier alpha value is -2.80. The molecule has 4 rings (SSSR count). The van der Waals surface area contributed by atoms with Crippen molar-refractivity contribution < 1.29 is 4.79 Å². The summed E-state index contributed by atoms with van der Waals surface area (Å²) in [6, 6.07) is 10.7. The lowest BCUT2D eigenvalue weighted by molar-refractivity contribution is 0.102. The lowest BCUT2D eigenvalue weighted by Crippen LogP contribution is -2.19. The van der Waals surface area contributed by atoms with Gasteiger partial charge < -0.3 is 5.32 Å². The van der Waals surface area contributed by atoms with Gasteiger partial charge in [-0.3, -0.25) is 10.1 Å². The van der Waals surface area contributed by atoms with Crippen LogP contribution in [0.3, 0.4) is 0 Å². The summed E-state index contributed by atoms with van der Waals surface area (Å²) in [4.78, 5) is 16.7. The van der Waals surface area contributed by atoms with E-state index in [2.05, 4.69) is 57.9 Å². The minimum absolute atomic E-state index is 0.236. The molecule has 0 spiro atoms. The van der Waals surface area contributed by atoms with E-state index in [0.29, 0.717) is 16.6 Å². The molecule has 0 saturated heterocycles. The van der Waals surface area contributed by atoms with Crippen molar-refractivity contribution >= 4 is 28.2 Å². The highest BCUT2D eigenvalue weighted by molar-refractivity contribution is 7.13. The van der Waals surface area contributed by atoms with Crippen LogP contribution in [0.1, 0.15) is 65.7 Å². The Balaban J connectivity index is 1.48. The Kier molecular flexibility index (Phi) is 5.34. The van der Waals surface area contributed by atoms with Crippen LogP contribution in [0.5, 0.6) is 0 Å². The maximum absolute atomic E-state index is 12.2. The smallest absolute Gasteiger partial charge is 0.259 e. The van der Waals surface area contributed by atoms with Gasteiger partial charge >= 0.3 is 0 Å². The molecular weight excluding hydrogens is 370 g/mol. The van der Waals surface area contributed by atoms with E-state index in [0.717, 1.165) is 25.1 Å². The topological polar surface area (TPSA) is 79.8 Å². The third-order valence-corrected chi connectivity index (χ3v) is 5.69. The molecule has 144 valence electrons. The van der Waals surface area contributed by atoms with Crippen LogP contribution in [0.4, 0.5) is 10.9 Å². The van der Waals surface area contributed by atoms with Gasteiger partial charge in [-0.05, 0) is 54.0 Å². The zero-order valence-electron chi connectivity index (χ0n) is 16.0. The van der Waals surface area contributed by atoms with Crippen LogP contribution in [0.2, 0.25) is 0 Å².